The Kier molecular flexibility index (Phi) is 4.05. The average molecular weight is 282 g/mol. The first-order valence-electron chi connectivity index (χ1n) is 5.32. The van der Waals surface area contributed by atoms with Crippen molar-refractivity contribution in [3.05, 3.63) is 33.8 Å². The molecule has 0 aliphatic rings. The number of nitrogens with two attached hydrogens (primary N) is 1. The molecule has 7 heteroatoms. The number of carbonyl (C=O) groups is 1. The highest BCUT2D eigenvalue weighted by Gasteiger charge is 2.11. The predicted molar refractivity (Wildman–Crippen MR) is 73.5 cm³/mol. The minimum Gasteiger partial charge on any atom is -0.289 e. The molecular formula is C11H14N4OS2. The van der Waals surface area contributed by atoms with Crippen LogP contribution in [0, 0.1) is 6.92 Å². The van der Waals surface area contributed by atoms with Gasteiger partial charge in [0.25, 0.3) is 5.91 Å². The van der Waals surface area contributed by atoms with Crippen LogP contribution in [0.1, 0.15) is 20.1 Å². The van der Waals surface area contributed by atoms with Crippen molar-refractivity contribution in [3.8, 4) is 0 Å². The number of aryl methyl sites for hydroxylation is 2. The first-order chi connectivity index (χ1) is 8.60. The summed E-state index contributed by atoms with van der Waals surface area (Å²) in [5.41, 5.74) is 3.31. The van der Waals surface area contributed by atoms with E-state index in [1.54, 1.807) is 16.4 Å². The summed E-state index contributed by atoms with van der Waals surface area (Å²) in [4.78, 5) is 14.3. The second-order valence-electron chi connectivity index (χ2n) is 3.80. The molecule has 2 heterocycles. The number of amides is 1. The number of hydrogen-bond donors (Lipinski definition) is 2. The molecule has 0 unspecified atom stereocenters. The molecular weight excluding hydrogens is 268 g/mol. The molecule has 0 fully saturated rings. The van der Waals surface area contributed by atoms with E-state index in [1.165, 1.54) is 11.3 Å². The van der Waals surface area contributed by atoms with Gasteiger partial charge in [-0.1, -0.05) is 0 Å². The normalized spacial score (nSPS) is 10.6. The second kappa shape index (κ2) is 5.55. The summed E-state index contributed by atoms with van der Waals surface area (Å²) < 4.78 is 1.77. The molecule has 0 saturated carbocycles. The van der Waals surface area contributed by atoms with Crippen LogP contribution < -0.4 is 11.3 Å². The maximum absolute atomic E-state index is 11.4. The SMILES string of the molecule is Cc1sc(C(=O)NN)cc1CSc1cnn(C)c1. The molecule has 0 radical (unpaired) electrons. The fraction of sp³-hybridized carbons (Fsp3) is 0.273. The number of nitrogens with zero attached hydrogens (tertiary/aromatic N) is 2. The van der Waals surface area contributed by atoms with Crippen LogP contribution in [-0.2, 0) is 12.8 Å². The van der Waals surface area contributed by atoms with Gasteiger partial charge in [-0.05, 0) is 18.6 Å². The molecule has 2 rings (SSSR count). The summed E-state index contributed by atoms with van der Waals surface area (Å²) in [5.74, 6) is 5.71. The minimum atomic E-state index is -0.235. The van der Waals surface area contributed by atoms with E-state index in [0.29, 0.717) is 4.88 Å². The lowest BCUT2D eigenvalue weighted by molar-refractivity contribution is 0.0957. The topological polar surface area (TPSA) is 72.9 Å². The van der Waals surface area contributed by atoms with Gasteiger partial charge in [-0.3, -0.25) is 14.9 Å². The van der Waals surface area contributed by atoms with Gasteiger partial charge in [-0.25, -0.2) is 5.84 Å². The lowest BCUT2D eigenvalue weighted by Crippen LogP contribution is -2.29. The average Bonchev–Trinajstić information content (AvgIpc) is 2.92. The summed E-state index contributed by atoms with van der Waals surface area (Å²) in [6.07, 6.45) is 3.81. The summed E-state index contributed by atoms with van der Waals surface area (Å²) >= 11 is 3.16. The zero-order chi connectivity index (χ0) is 13.1. The maximum Gasteiger partial charge on any atom is 0.275 e. The highest BCUT2D eigenvalue weighted by molar-refractivity contribution is 7.98. The van der Waals surface area contributed by atoms with E-state index in [4.69, 9.17) is 5.84 Å². The Balaban J connectivity index is 2.05. The highest BCUT2D eigenvalue weighted by atomic mass is 32.2. The van der Waals surface area contributed by atoms with Crippen LogP contribution in [-0.4, -0.2) is 15.7 Å². The van der Waals surface area contributed by atoms with Crippen molar-refractivity contribution in [1.82, 2.24) is 15.2 Å². The van der Waals surface area contributed by atoms with Crippen LogP contribution >= 0.6 is 23.1 Å². The molecule has 2 aromatic rings. The lowest BCUT2D eigenvalue weighted by Gasteiger charge is -1.97. The van der Waals surface area contributed by atoms with E-state index >= 15 is 0 Å². The number of nitrogen functional groups attached to an aromatic ring is 1. The quantitative estimate of drug-likeness (QED) is 0.387. The number of rotatable bonds is 4. The van der Waals surface area contributed by atoms with Crippen molar-refractivity contribution in [3.63, 3.8) is 0 Å². The van der Waals surface area contributed by atoms with E-state index in [0.717, 1.165) is 21.1 Å². The van der Waals surface area contributed by atoms with Crippen LogP contribution in [0.4, 0.5) is 0 Å². The third-order valence-electron chi connectivity index (χ3n) is 2.45. The van der Waals surface area contributed by atoms with Crippen molar-refractivity contribution in [2.24, 2.45) is 12.9 Å². The van der Waals surface area contributed by atoms with E-state index in [2.05, 4.69) is 10.5 Å². The standard InChI is InChI=1S/C11H14N4OS2/c1-7-8(3-10(18-7)11(16)14-12)6-17-9-4-13-15(2)5-9/h3-5H,6,12H2,1-2H3,(H,14,16). The number of thiophene rings is 1. The van der Waals surface area contributed by atoms with Gasteiger partial charge in [-0.15, -0.1) is 23.1 Å². The van der Waals surface area contributed by atoms with E-state index in [9.17, 15) is 4.79 Å². The summed E-state index contributed by atoms with van der Waals surface area (Å²) in [6.45, 7) is 2.01. The molecule has 1 amide bonds. The van der Waals surface area contributed by atoms with E-state index in [1.807, 2.05) is 32.4 Å². The molecule has 0 bridgehead atoms. The summed E-state index contributed by atoms with van der Waals surface area (Å²) in [7, 11) is 1.89. The zero-order valence-corrected chi connectivity index (χ0v) is 11.8. The Labute approximate surface area is 113 Å². The highest BCUT2D eigenvalue weighted by Crippen LogP contribution is 2.28. The van der Waals surface area contributed by atoms with Crippen molar-refractivity contribution in [1.29, 1.82) is 0 Å². The molecule has 3 N–H and O–H groups in total. The smallest absolute Gasteiger partial charge is 0.275 e. The van der Waals surface area contributed by atoms with Gasteiger partial charge in [0.1, 0.15) is 0 Å². The molecule has 18 heavy (non-hydrogen) atoms. The van der Waals surface area contributed by atoms with Crippen LogP contribution in [0.25, 0.3) is 0 Å². The maximum atomic E-state index is 11.4. The van der Waals surface area contributed by atoms with E-state index < -0.39 is 0 Å². The lowest BCUT2D eigenvalue weighted by atomic mass is 10.3. The van der Waals surface area contributed by atoms with Gasteiger partial charge in [0.15, 0.2) is 0 Å². The van der Waals surface area contributed by atoms with Gasteiger partial charge in [-0.2, -0.15) is 5.10 Å². The van der Waals surface area contributed by atoms with Crippen molar-refractivity contribution < 1.29 is 4.79 Å². The Hall–Kier alpha value is -1.31. The second-order valence-corrected chi connectivity index (χ2v) is 6.11. The predicted octanol–water partition coefficient (Wildman–Crippen LogP) is 1.69. The first-order valence-corrected chi connectivity index (χ1v) is 7.12. The number of hydrazine groups is 1. The monoisotopic (exact) mass is 282 g/mol. The van der Waals surface area contributed by atoms with Gasteiger partial charge < -0.3 is 0 Å². The molecule has 2 aromatic heterocycles. The van der Waals surface area contributed by atoms with Gasteiger partial charge in [0.2, 0.25) is 0 Å². The number of nitrogens with one attached hydrogen (secondary N) is 1. The van der Waals surface area contributed by atoms with Crippen LogP contribution in [0.2, 0.25) is 0 Å². The largest absolute Gasteiger partial charge is 0.289 e. The third-order valence-corrected chi connectivity index (χ3v) is 4.54. The van der Waals surface area contributed by atoms with Gasteiger partial charge >= 0.3 is 0 Å². The summed E-state index contributed by atoms with van der Waals surface area (Å²) in [5, 5.41) is 4.12. The minimum absolute atomic E-state index is 0.235. The van der Waals surface area contributed by atoms with Gasteiger partial charge in [0.05, 0.1) is 11.1 Å². The number of aromatic nitrogens is 2. The Morgan fingerprint density at radius 1 is 1.67 bits per heavy atom. The third kappa shape index (κ3) is 2.92. The number of thioether (sulfide) groups is 1. The fourth-order valence-corrected chi connectivity index (χ4v) is 3.49. The zero-order valence-electron chi connectivity index (χ0n) is 10.1. The van der Waals surface area contributed by atoms with Crippen molar-refractivity contribution in [2.45, 2.75) is 17.6 Å². The summed E-state index contributed by atoms with van der Waals surface area (Å²) in [6, 6.07) is 1.89. The molecule has 5 nitrogen and oxygen atoms in total. The molecule has 0 aliphatic carbocycles. The Morgan fingerprint density at radius 3 is 3.06 bits per heavy atom. The number of hydrogen-bond acceptors (Lipinski definition) is 5. The Bertz CT molecular complexity index is 561. The molecule has 0 saturated heterocycles. The fourth-order valence-electron chi connectivity index (χ4n) is 1.48. The first kappa shape index (κ1) is 13.1. The Morgan fingerprint density at radius 2 is 2.44 bits per heavy atom. The molecule has 0 spiro atoms. The van der Waals surface area contributed by atoms with Crippen LogP contribution in [0.5, 0.6) is 0 Å². The van der Waals surface area contributed by atoms with E-state index in [-0.39, 0.29) is 5.91 Å². The van der Waals surface area contributed by atoms with Crippen LogP contribution in [0.15, 0.2) is 23.4 Å². The van der Waals surface area contributed by atoms with Crippen molar-refractivity contribution in [2.75, 3.05) is 0 Å². The van der Waals surface area contributed by atoms with Crippen molar-refractivity contribution >= 4 is 29.0 Å². The molecule has 96 valence electrons. The molecule has 0 aliphatic heterocycles. The van der Waals surface area contributed by atoms with Gasteiger partial charge in [0, 0.05) is 28.8 Å². The molecule has 0 aromatic carbocycles. The molecule has 0 atom stereocenters. The van der Waals surface area contributed by atoms with Crippen LogP contribution in [0.3, 0.4) is 0 Å². The number of carbonyl (C=O) groups excluding carboxylic acids is 1.